The number of halogens is 1. The van der Waals surface area contributed by atoms with Crippen LogP contribution >= 0.6 is 23.4 Å². The van der Waals surface area contributed by atoms with Gasteiger partial charge in [0.05, 0.1) is 10.3 Å². The number of nitrogens with one attached hydrogen (secondary N) is 1. The molecule has 164 valence electrons. The van der Waals surface area contributed by atoms with Gasteiger partial charge in [0.2, 0.25) is 5.91 Å². The van der Waals surface area contributed by atoms with Gasteiger partial charge in [0, 0.05) is 32.4 Å². The number of ether oxygens (including phenoxy) is 1. The summed E-state index contributed by atoms with van der Waals surface area (Å²) in [6.45, 7) is 3.80. The van der Waals surface area contributed by atoms with Gasteiger partial charge in [-0.1, -0.05) is 72.8 Å². The molecule has 1 amide bonds. The molecular weight excluding hydrogens is 432 g/mol. The second-order valence-electron chi connectivity index (χ2n) is 7.00. The number of thioether (sulfide) groups is 1. The van der Waals surface area contributed by atoms with Gasteiger partial charge in [-0.25, -0.2) is 0 Å². The van der Waals surface area contributed by atoms with Crippen molar-refractivity contribution in [1.29, 1.82) is 0 Å². The number of nitrogens with zero attached hydrogens (tertiary/aromatic N) is 3. The maximum atomic E-state index is 12.8. The first-order valence-electron chi connectivity index (χ1n) is 10.3. The Labute approximate surface area is 192 Å². The molecule has 0 aliphatic carbocycles. The Morgan fingerprint density at radius 1 is 1.16 bits per heavy atom. The molecule has 3 rings (SSSR count). The Kier molecular flexibility index (Phi) is 8.94. The number of amides is 1. The van der Waals surface area contributed by atoms with Gasteiger partial charge in [0.15, 0.2) is 11.0 Å². The molecule has 0 radical (unpaired) electrons. The van der Waals surface area contributed by atoms with E-state index in [0.29, 0.717) is 42.1 Å². The van der Waals surface area contributed by atoms with Gasteiger partial charge in [-0.3, -0.25) is 4.79 Å². The van der Waals surface area contributed by atoms with Crippen molar-refractivity contribution in [3.05, 3.63) is 65.2 Å². The highest BCUT2D eigenvalue weighted by atomic mass is 35.5. The number of hydrogen-bond donors (Lipinski definition) is 1. The largest absolute Gasteiger partial charge is 0.385 e. The number of rotatable bonds is 11. The molecule has 1 unspecified atom stereocenters. The summed E-state index contributed by atoms with van der Waals surface area (Å²) in [5, 5.41) is 12.9. The highest BCUT2D eigenvalue weighted by Crippen LogP contribution is 2.31. The SMILES string of the molecule is CCC(Sc1nnc(-c2ccccc2Cl)n1CCCOC)C(=O)NCc1ccccc1. The second-order valence-corrected chi connectivity index (χ2v) is 8.58. The van der Waals surface area contributed by atoms with Gasteiger partial charge in [-0.15, -0.1) is 10.2 Å². The number of carbonyl (C=O) groups excluding carboxylic acids is 1. The third-order valence-corrected chi connectivity index (χ3v) is 6.46. The molecular formula is C23H27ClN4O2S. The van der Waals surface area contributed by atoms with E-state index in [4.69, 9.17) is 16.3 Å². The molecule has 0 aliphatic heterocycles. The van der Waals surface area contributed by atoms with Crippen LogP contribution in [0.1, 0.15) is 25.3 Å². The first kappa shape index (κ1) is 23.3. The topological polar surface area (TPSA) is 69.0 Å². The maximum Gasteiger partial charge on any atom is 0.233 e. The molecule has 1 atom stereocenters. The molecule has 0 fully saturated rings. The molecule has 8 heteroatoms. The zero-order valence-electron chi connectivity index (χ0n) is 17.8. The normalized spacial score (nSPS) is 12.0. The van der Waals surface area contributed by atoms with E-state index >= 15 is 0 Å². The van der Waals surface area contributed by atoms with Crippen LogP contribution in [0, 0.1) is 0 Å². The fourth-order valence-electron chi connectivity index (χ4n) is 3.13. The molecule has 0 saturated heterocycles. The van der Waals surface area contributed by atoms with Gasteiger partial charge in [0.25, 0.3) is 0 Å². The highest BCUT2D eigenvalue weighted by Gasteiger charge is 2.23. The quantitative estimate of drug-likeness (QED) is 0.329. The van der Waals surface area contributed by atoms with E-state index < -0.39 is 0 Å². The van der Waals surface area contributed by atoms with Crippen molar-refractivity contribution in [2.24, 2.45) is 0 Å². The molecule has 1 aromatic heterocycles. The van der Waals surface area contributed by atoms with E-state index in [1.165, 1.54) is 11.8 Å². The fourth-order valence-corrected chi connectivity index (χ4v) is 4.36. The van der Waals surface area contributed by atoms with Crippen LogP contribution in [0.5, 0.6) is 0 Å². The fraction of sp³-hybridized carbons (Fsp3) is 0.348. The van der Waals surface area contributed by atoms with Crippen LogP contribution in [-0.2, 0) is 22.6 Å². The highest BCUT2D eigenvalue weighted by molar-refractivity contribution is 8.00. The molecule has 1 N–H and O–H groups in total. The monoisotopic (exact) mass is 458 g/mol. The van der Waals surface area contributed by atoms with Crippen LogP contribution < -0.4 is 5.32 Å². The van der Waals surface area contributed by atoms with Crippen LogP contribution in [0.25, 0.3) is 11.4 Å². The Bertz CT molecular complexity index is 981. The summed E-state index contributed by atoms with van der Waals surface area (Å²) in [4.78, 5) is 12.8. The van der Waals surface area contributed by atoms with Crippen molar-refractivity contribution in [1.82, 2.24) is 20.1 Å². The molecule has 0 bridgehead atoms. The van der Waals surface area contributed by atoms with Crippen molar-refractivity contribution < 1.29 is 9.53 Å². The van der Waals surface area contributed by atoms with E-state index in [1.807, 2.05) is 66.1 Å². The van der Waals surface area contributed by atoms with Crippen LogP contribution in [0.2, 0.25) is 5.02 Å². The lowest BCUT2D eigenvalue weighted by Gasteiger charge is -2.16. The molecule has 0 saturated carbocycles. The van der Waals surface area contributed by atoms with Gasteiger partial charge < -0.3 is 14.6 Å². The summed E-state index contributed by atoms with van der Waals surface area (Å²) in [5.41, 5.74) is 1.89. The summed E-state index contributed by atoms with van der Waals surface area (Å²) >= 11 is 7.84. The van der Waals surface area contributed by atoms with Gasteiger partial charge >= 0.3 is 0 Å². The lowest BCUT2D eigenvalue weighted by Crippen LogP contribution is -2.32. The Morgan fingerprint density at radius 3 is 2.61 bits per heavy atom. The first-order chi connectivity index (χ1) is 15.1. The average molecular weight is 459 g/mol. The standard InChI is InChI=1S/C23H27ClN4O2S/c1-3-20(22(29)25-16-17-10-5-4-6-11-17)31-23-27-26-21(28(23)14-9-15-30-2)18-12-7-8-13-19(18)24/h4-8,10-13,20H,3,9,14-16H2,1-2H3,(H,25,29). The van der Waals surface area contributed by atoms with Gasteiger partial charge in [0.1, 0.15) is 0 Å². The zero-order valence-corrected chi connectivity index (χ0v) is 19.3. The average Bonchev–Trinajstić information content (AvgIpc) is 3.19. The van der Waals surface area contributed by atoms with Crippen molar-refractivity contribution in [3.8, 4) is 11.4 Å². The molecule has 0 aliphatic rings. The van der Waals surface area contributed by atoms with E-state index in [1.54, 1.807) is 7.11 Å². The van der Waals surface area contributed by atoms with E-state index in [9.17, 15) is 4.79 Å². The predicted octanol–water partition coefficient (Wildman–Crippen LogP) is 4.82. The van der Waals surface area contributed by atoms with Crippen LogP contribution in [0.15, 0.2) is 59.8 Å². The van der Waals surface area contributed by atoms with Crippen LogP contribution in [0.4, 0.5) is 0 Å². The van der Waals surface area contributed by atoms with Gasteiger partial charge in [-0.2, -0.15) is 0 Å². The molecule has 31 heavy (non-hydrogen) atoms. The molecule has 3 aromatic rings. The van der Waals surface area contributed by atoms with Gasteiger partial charge in [-0.05, 0) is 30.5 Å². The third kappa shape index (κ3) is 6.32. The minimum atomic E-state index is -0.270. The summed E-state index contributed by atoms with van der Waals surface area (Å²) in [5.74, 6) is 0.686. The van der Waals surface area contributed by atoms with E-state index in [-0.39, 0.29) is 11.2 Å². The third-order valence-electron chi connectivity index (χ3n) is 4.78. The molecule has 1 heterocycles. The lowest BCUT2D eigenvalue weighted by molar-refractivity contribution is -0.120. The summed E-state index contributed by atoms with van der Waals surface area (Å²) in [6, 6.07) is 17.5. The van der Waals surface area contributed by atoms with Crippen molar-refractivity contribution in [3.63, 3.8) is 0 Å². The Balaban J connectivity index is 1.78. The number of aromatic nitrogens is 3. The molecule has 6 nitrogen and oxygen atoms in total. The first-order valence-corrected chi connectivity index (χ1v) is 11.5. The van der Waals surface area contributed by atoms with Crippen LogP contribution in [0.3, 0.4) is 0 Å². The minimum Gasteiger partial charge on any atom is -0.385 e. The summed E-state index contributed by atoms with van der Waals surface area (Å²) in [7, 11) is 1.68. The number of hydrogen-bond acceptors (Lipinski definition) is 5. The van der Waals surface area contributed by atoms with Crippen molar-refractivity contribution in [2.75, 3.05) is 13.7 Å². The van der Waals surface area contributed by atoms with Crippen molar-refractivity contribution in [2.45, 2.75) is 43.3 Å². The van der Waals surface area contributed by atoms with Crippen molar-refractivity contribution >= 4 is 29.3 Å². The lowest BCUT2D eigenvalue weighted by atomic mass is 10.2. The molecule has 2 aromatic carbocycles. The predicted molar refractivity (Wildman–Crippen MR) is 125 cm³/mol. The Hall–Kier alpha value is -2.35. The van der Waals surface area contributed by atoms with E-state index in [0.717, 1.165) is 17.5 Å². The molecule has 0 spiro atoms. The minimum absolute atomic E-state index is 0.0120. The smallest absolute Gasteiger partial charge is 0.233 e. The summed E-state index contributed by atoms with van der Waals surface area (Å²) in [6.07, 6.45) is 1.48. The number of methoxy groups -OCH3 is 1. The van der Waals surface area contributed by atoms with E-state index in [2.05, 4.69) is 15.5 Å². The zero-order chi connectivity index (χ0) is 22.1. The number of carbonyl (C=O) groups is 1. The number of benzene rings is 2. The summed E-state index contributed by atoms with van der Waals surface area (Å²) < 4.78 is 7.24. The van der Waals surface area contributed by atoms with Crippen LogP contribution in [-0.4, -0.2) is 39.6 Å². The maximum absolute atomic E-state index is 12.8. The Morgan fingerprint density at radius 2 is 1.90 bits per heavy atom. The second kappa shape index (κ2) is 11.9.